The second kappa shape index (κ2) is 6.93. The van der Waals surface area contributed by atoms with Crippen LogP contribution in [0.1, 0.15) is 16.7 Å². The molecule has 1 heterocycles. The van der Waals surface area contributed by atoms with Crippen LogP contribution in [-0.2, 0) is 20.9 Å². The van der Waals surface area contributed by atoms with Gasteiger partial charge in [0, 0.05) is 22.9 Å². The molecule has 6 heteroatoms. The third-order valence-electron chi connectivity index (χ3n) is 2.23. The quantitative estimate of drug-likeness (QED) is 0.767. The van der Waals surface area contributed by atoms with E-state index in [1.54, 1.807) is 6.92 Å². The summed E-state index contributed by atoms with van der Waals surface area (Å²) in [6.07, 6.45) is 2.13. The number of aliphatic carboxylic acids is 1. The first-order chi connectivity index (χ1) is 8.52. The molecule has 0 fully saturated rings. The zero-order valence-corrected chi connectivity index (χ0v) is 11.0. The minimum atomic E-state index is -0.979. The van der Waals surface area contributed by atoms with Crippen molar-refractivity contribution in [2.45, 2.75) is 19.6 Å². The molecule has 1 aromatic rings. The summed E-state index contributed by atoms with van der Waals surface area (Å²) in [5.41, 5.74) is 0. The van der Waals surface area contributed by atoms with Crippen LogP contribution >= 0.6 is 11.3 Å². The number of rotatable bonds is 6. The van der Waals surface area contributed by atoms with Gasteiger partial charge >= 0.3 is 5.97 Å². The Hall–Kier alpha value is -1.66. The number of ether oxygens (including phenoxy) is 1. The lowest BCUT2D eigenvalue weighted by molar-refractivity contribution is -0.131. The molecule has 1 aromatic heterocycles. The number of carbonyl (C=O) groups excluding carboxylic acids is 1. The Bertz CT molecular complexity index is 453. The van der Waals surface area contributed by atoms with Crippen LogP contribution in [0.5, 0.6) is 0 Å². The van der Waals surface area contributed by atoms with Crippen LogP contribution in [0.3, 0.4) is 0 Å². The van der Waals surface area contributed by atoms with Gasteiger partial charge < -0.3 is 15.2 Å². The highest BCUT2D eigenvalue weighted by Crippen LogP contribution is 2.17. The van der Waals surface area contributed by atoms with E-state index in [9.17, 15) is 9.59 Å². The molecule has 1 rings (SSSR count). The average Bonchev–Trinajstić information content (AvgIpc) is 2.80. The minimum Gasteiger partial charge on any atom is -0.478 e. The highest BCUT2D eigenvalue weighted by atomic mass is 32.1. The number of carboxylic acid groups (broad SMARTS) is 1. The van der Waals surface area contributed by atoms with Crippen LogP contribution in [-0.4, -0.2) is 30.2 Å². The van der Waals surface area contributed by atoms with Crippen LogP contribution in [0.2, 0.25) is 0 Å². The minimum absolute atomic E-state index is 0.173. The van der Waals surface area contributed by atoms with Crippen molar-refractivity contribution in [2.75, 3.05) is 7.11 Å². The van der Waals surface area contributed by atoms with E-state index in [1.165, 1.54) is 24.5 Å². The first-order valence-corrected chi connectivity index (χ1v) is 6.15. The molecular formula is C12H15NO4S. The average molecular weight is 269 g/mol. The summed E-state index contributed by atoms with van der Waals surface area (Å²) in [6, 6.07) is 3.66. The standard InChI is InChI=1S/C12H15NO4S/c1-8(17-2)12(16)13-7-10-4-3-9(18-10)5-6-11(14)15/h3-6,8H,7H2,1-2H3,(H,13,16)(H,14,15)/b6-5+. The van der Waals surface area contributed by atoms with E-state index in [4.69, 9.17) is 9.84 Å². The molecule has 0 aliphatic rings. The van der Waals surface area contributed by atoms with Gasteiger partial charge in [-0.2, -0.15) is 0 Å². The Morgan fingerprint density at radius 3 is 2.89 bits per heavy atom. The van der Waals surface area contributed by atoms with Crippen LogP contribution in [0, 0.1) is 0 Å². The number of hydrogen-bond acceptors (Lipinski definition) is 4. The van der Waals surface area contributed by atoms with E-state index in [-0.39, 0.29) is 5.91 Å². The molecule has 1 atom stereocenters. The monoisotopic (exact) mass is 269 g/mol. The maximum Gasteiger partial charge on any atom is 0.328 e. The SMILES string of the molecule is COC(C)C(=O)NCc1ccc(/C=C/C(=O)O)s1. The predicted molar refractivity (Wildman–Crippen MR) is 69.3 cm³/mol. The summed E-state index contributed by atoms with van der Waals surface area (Å²) in [5.74, 6) is -1.15. The number of nitrogens with one attached hydrogen (secondary N) is 1. The van der Waals surface area contributed by atoms with Crippen molar-refractivity contribution in [1.29, 1.82) is 0 Å². The molecule has 0 radical (unpaired) electrons. The summed E-state index contributed by atoms with van der Waals surface area (Å²) in [7, 11) is 1.48. The van der Waals surface area contributed by atoms with Gasteiger partial charge in [0.1, 0.15) is 6.10 Å². The molecule has 0 aliphatic carbocycles. The van der Waals surface area contributed by atoms with Crippen molar-refractivity contribution in [3.05, 3.63) is 28.0 Å². The number of carboxylic acids is 1. The third-order valence-corrected chi connectivity index (χ3v) is 3.28. The van der Waals surface area contributed by atoms with Crippen molar-refractivity contribution in [3.63, 3.8) is 0 Å². The smallest absolute Gasteiger partial charge is 0.328 e. The van der Waals surface area contributed by atoms with Crippen molar-refractivity contribution >= 4 is 29.3 Å². The molecule has 5 nitrogen and oxygen atoms in total. The summed E-state index contributed by atoms with van der Waals surface area (Å²) in [4.78, 5) is 23.6. The molecule has 1 unspecified atom stereocenters. The molecule has 0 saturated carbocycles. The molecule has 0 aromatic carbocycles. The van der Waals surface area contributed by atoms with Crippen LogP contribution in [0.4, 0.5) is 0 Å². The Labute approximate surface area is 109 Å². The lowest BCUT2D eigenvalue weighted by Crippen LogP contribution is -2.33. The molecule has 1 amide bonds. The Kier molecular flexibility index (Phi) is 5.54. The third kappa shape index (κ3) is 4.68. The van der Waals surface area contributed by atoms with E-state index < -0.39 is 12.1 Å². The highest BCUT2D eigenvalue weighted by molar-refractivity contribution is 7.12. The Morgan fingerprint density at radius 1 is 1.56 bits per heavy atom. The molecule has 18 heavy (non-hydrogen) atoms. The summed E-state index contributed by atoms with van der Waals surface area (Å²) < 4.78 is 4.89. The van der Waals surface area contributed by atoms with E-state index >= 15 is 0 Å². The zero-order chi connectivity index (χ0) is 13.5. The molecule has 98 valence electrons. The number of hydrogen-bond donors (Lipinski definition) is 2. The van der Waals surface area contributed by atoms with Crippen molar-refractivity contribution in [1.82, 2.24) is 5.32 Å². The van der Waals surface area contributed by atoms with Gasteiger partial charge in [0.2, 0.25) is 5.91 Å². The van der Waals surface area contributed by atoms with Crippen LogP contribution < -0.4 is 5.32 Å². The van der Waals surface area contributed by atoms with Crippen molar-refractivity contribution in [3.8, 4) is 0 Å². The van der Waals surface area contributed by atoms with Gasteiger partial charge in [0.15, 0.2) is 0 Å². The fraction of sp³-hybridized carbons (Fsp3) is 0.333. The first-order valence-electron chi connectivity index (χ1n) is 5.33. The van der Waals surface area contributed by atoms with E-state index in [1.807, 2.05) is 12.1 Å². The van der Waals surface area contributed by atoms with Gasteiger partial charge in [-0.3, -0.25) is 4.79 Å². The zero-order valence-electron chi connectivity index (χ0n) is 10.2. The highest BCUT2D eigenvalue weighted by Gasteiger charge is 2.10. The second-order valence-corrected chi connectivity index (χ2v) is 4.77. The first kappa shape index (κ1) is 14.4. The summed E-state index contributed by atoms with van der Waals surface area (Å²) in [6.45, 7) is 2.09. The maximum absolute atomic E-state index is 11.4. The number of thiophene rings is 1. The molecule has 0 saturated heterocycles. The van der Waals surface area contributed by atoms with Crippen molar-refractivity contribution in [2.24, 2.45) is 0 Å². The van der Waals surface area contributed by atoms with Crippen molar-refractivity contribution < 1.29 is 19.4 Å². The largest absolute Gasteiger partial charge is 0.478 e. The summed E-state index contributed by atoms with van der Waals surface area (Å²) >= 11 is 1.43. The van der Waals surface area contributed by atoms with Crippen LogP contribution in [0.25, 0.3) is 6.08 Å². The molecular weight excluding hydrogens is 254 g/mol. The normalized spacial score (nSPS) is 12.6. The Balaban J connectivity index is 2.49. The van der Waals surface area contributed by atoms with Gasteiger partial charge in [0.05, 0.1) is 6.54 Å². The van der Waals surface area contributed by atoms with Gasteiger partial charge in [-0.15, -0.1) is 11.3 Å². The van der Waals surface area contributed by atoms with Gasteiger partial charge in [-0.1, -0.05) is 0 Å². The van der Waals surface area contributed by atoms with Gasteiger partial charge in [-0.25, -0.2) is 4.79 Å². The predicted octanol–water partition coefficient (Wildman–Crippen LogP) is 1.50. The topological polar surface area (TPSA) is 75.6 Å². The molecule has 0 bridgehead atoms. The lowest BCUT2D eigenvalue weighted by Gasteiger charge is -2.09. The number of carbonyl (C=O) groups is 2. The maximum atomic E-state index is 11.4. The number of methoxy groups -OCH3 is 1. The molecule has 2 N–H and O–H groups in total. The second-order valence-electron chi connectivity index (χ2n) is 3.57. The Morgan fingerprint density at radius 2 is 2.28 bits per heavy atom. The fourth-order valence-corrected chi connectivity index (χ4v) is 2.01. The van der Waals surface area contributed by atoms with E-state index in [2.05, 4.69) is 5.32 Å². The van der Waals surface area contributed by atoms with E-state index in [0.717, 1.165) is 15.8 Å². The fourth-order valence-electron chi connectivity index (χ4n) is 1.16. The summed E-state index contributed by atoms with van der Waals surface area (Å²) in [5, 5.41) is 11.2. The van der Waals surface area contributed by atoms with Gasteiger partial charge in [0.25, 0.3) is 0 Å². The van der Waals surface area contributed by atoms with Gasteiger partial charge in [-0.05, 0) is 25.1 Å². The van der Waals surface area contributed by atoms with E-state index in [0.29, 0.717) is 6.54 Å². The molecule has 0 aliphatic heterocycles. The number of amides is 1. The molecule has 0 spiro atoms. The lowest BCUT2D eigenvalue weighted by atomic mass is 10.3. The van der Waals surface area contributed by atoms with Crippen LogP contribution in [0.15, 0.2) is 18.2 Å².